The summed E-state index contributed by atoms with van der Waals surface area (Å²) in [5, 5.41) is 5.95. The molecule has 0 aliphatic carbocycles. The molecule has 4 nitrogen and oxygen atoms in total. The minimum Gasteiger partial charge on any atom is -0.355 e. The van der Waals surface area contributed by atoms with Gasteiger partial charge < -0.3 is 10.6 Å². The Bertz CT molecular complexity index is 229. The maximum Gasteiger partial charge on any atom is 0.223 e. The molecule has 2 unspecified atom stereocenters. The standard InChI is InChI=1S/C9H18N2O2S/c1-7(8-5-10-6-8)9(12)11-3-4-14(2)13/h7-8,10H,3-6H2,1-2H3,(H,11,12). The second-order valence-corrected chi connectivity index (χ2v) is 5.33. The van der Waals surface area contributed by atoms with Gasteiger partial charge in [0.2, 0.25) is 5.91 Å². The van der Waals surface area contributed by atoms with Crippen molar-refractivity contribution in [2.75, 3.05) is 31.6 Å². The largest absolute Gasteiger partial charge is 0.355 e. The normalized spacial score (nSPS) is 21.0. The fourth-order valence-electron chi connectivity index (χ4n) is 1.36. The van der Waals surface area contributed by atoms with Crippen molar-refractivity contribution < 1.29 is 9.00 Å². The topological polar surface area (TPSA) is 58.2 Å². The van der Waals surface area contributed by atoms with E-state index in [-0.39, 0.29) is 11.8 Å². The SMILES string of the molecule is CC(C(=O)NCCS(C)=O)C1CNC1. The summed E-state index contributed by atoms with van der Waals surface area (Å²) >= 11 is 0. The van der Waals surface area contributed by atoms with Gasteiger partial charge >= 0.3 is 0 Å². The lowest BCUT2D eigenvalue weighted by Gasteiger charge is -2.31. The molecule has 0 radical (unpaired) electrons. The molecule has 0 spiro atoms. The molecule has 1 aliphatic rings. The summed E-state index contributed by atoms with van der Waals surface area (Å²) in [7, 11) is -0.821. The monoisotopic (exact) mass is 218 g/mol. The van der Waals surface area contributed by atoms with Crippen molar-refractivity contribution in [2.45, 2.75) is 6.92 Å². The Morgan fingerprint density at radius 2 is 2.29 bits per heavy atom. The molecule has 1 amide bonds. The summed E-state index contributed by atoms with van der Waals surface area (Å²) in [4.78, 5) is 11.5. The van der Waals surface area contributed by atoms with Crippen molar-refractivity contribution in [3.8, 4) is 0 Å². The number of hydrogen-bond donors (Lipinski definition) is 2. The fourth-order valence-corrected chi connectivity index (χ4v) is 1.75. The first-order valence-electron chi connectivity index (χ1n) is 4.89. The van der Waals surface area contributed by atoms with Crippen molar-refractivity contribution >= 4 is 16.7 Å². The summed E-state index contributed by atoms with van der Waals surface area (Å²) in [6.45, 7) is 4.35. The van der Waals surface area contributed by atoms with Crippen molar-refractivity contribution in [2.24, 2.45) is 11.8 Å². The zero-order valence-corrected chi connectivity index (χ0v) is 9.52. The first-order valence-corrected chi connectivity index (χ1v) is 6.62. The van der Waals surface area contributed by atoms with Crippen LogP contribution < -0.4 is 10.6 Å². The van der Waals surface area contributed by atoms with E-state index in [2.05, 4.69) is 10.6 Å². The second-order valence-electron chi connectivity index (χ2n) is 3.78. The Kier molecular flexibility index (Phi) is 4.54. The second kappa shape index (κ2) is 5.46. The third kappa shape index (κ3) is 3.38. The van der Waals surface area contributed by atoms with E-state index in [1.807, 2.05) is 6.92 Å². The average Bonchev–Trinajstić information content (AvgIpc) is 2.00. The number of nitrogens with one attached hydrogen (secondary N) is 2. The highest BCUT2D eigenvalue weighted by molar-refractivity contribution is 7.84. The van der Waals surface area contributed by atoms with Gasteiger partial charge in [0.05, 0.1) is 0 Å². The van der Waals surface area contributed by atoms with Gasteiger partial charge in [0.15, 0.2) is 0 Å². The Morgan fingerprint density at radius 3 is 2.71 bits per heavy atom. The molecule has 0 aromatic carbocycles. The van der Waals surface area contributed by atoms with Crippen LogP contribution in [0.15, 0.2) is 0 Å². The summed E-state index contributed by atoms with van der Waals surface area (Å²) in [5.41, 5.74) is 0. The number of amides is 1. The molecule has 1 fully saturated rings. The quantitative estimate of drug-likeness (QED) is 0.644. The zero-order valence-electron chi connectivity index (χ0n) is 8.71. The lowest BCUT2D eigenvalue weighted by Crippen LogP contribution is -2.49. The van der Waals surface area contributed by atoms with Crippen molar-refractivity contribution in [3.05, 3.63) is 0 Å². The molecule has 1 aliphatic heterocycles. The minimum absolute atomic E-state index is 0.0709. The third-order valence-corrected chi connectivity index (χ3v) is 3.40. The molecule has 2 atom stereocenters. The number of rotatable bonds is 5. The lowest BCUT2D eigenvalue weighted by molar-refractivity contribution is -0.126. The van der Waals surface area contributed by atoms with E-state index in [9.17, 15) is 9.00 Å². The van der Waals surface area contributed by atoms with Gasteiger partial charge in [-0.25, -0.2) is 0 Å². The van der Waals surface area contributed by atoms with Crippen LogP contribution in [-0.2, 0) is 15.6 Å². The Labute approximate surface area is 87.3 Å². The van der Waals surface area contributed by atoms with Crippen molar-refractivity contribution in [1.29, 1.82) is 0 Å². The van der Waals surface area contributed by atoms with Gasteiger partial charge in [-0.05, 0) is 19.0 Å². The fraction of sp³-hybridized carbons (Fsp3) is 0.889. The molecule has 1 heterocycles. The van der Waals surface area contributed by atoms with Crippen LogP contribution in [0.25, 0.3) is 0 Å². The lowest BCUT2D eigenvalue weighted by atomic mass is 9.88. The van der Waals surface area contributed by atoms with Crippen LogP contribution in [0.2, 0.25) is 0 Å². The molecule has 1 saturated heterocycles. The van der Waals surface area contributed by atoms with E-state index in [1.54, 1.807) is 6.26 Å². The van der Waals surface area contributed by atoms with Gasteiger partial charge in [-0.3, -0.25) is 9.00 Å². The molecular weight excluding hydrogens is 200 g/mol. The Balaban J connectivity index is 2.16. The van der Waals surface area contributed by atoms with Gasteiger partial charge in [-0.15, -0.1) is 0 Å². The third-order valence-electron chi connectivity index (χ3n) is 2.62. The number of carbonyl (C=O) groups is 1. The molecule has 14 heavy (non-hydrogen) atoms. The number of hydrogen-bond acceptors (Lipinski definition) is 3. The first-order chi connectivity index (χ1) is 6.61. The minimum atomic E-state index is -0.821. The van der Waals surface area contributed by atoms with Crippen LogP contribution in [0.3, 0.4) is 0 Å². The highest BCUT2D eigenvalue weighted by Gasteiger charge is 2.28. The van der Waals surface area contributed by atoms with Crippen LogP contribution in [0.5, 0.6) is 0 Å². The van der Waals surface area contributed by atoms with Crippen LogP contribution in [0.4, 0.5) is 0 Å². The molecule has 5 heteroatoms. The van der Waals surface area contributed by atoms with Crippen LogP contribution in [-0.4, -0.2) is 41.8 Å². The van der Waals surface area contributed by atoms with Crippen LogP contribution in [0.1, 0.15) is 6.92 Å². The summed E-state index contributed by atoms with van der Waals surface area (Å²) < 4.78 is 10.7. The predicted molar refractivity (Wildman–Crippen MR) is 57.5 cm³/mol. The first kappa shape index (κ1) is 11.7. The van der Waals surface area contributed by atoms with E-state index in [1.165, 1.54) is 0 Å². The maximum absolute atomic E-state index is 11.5. The van der Waals surface area contributed by atoms with E-state index in [0.29, 0.717) is 18.2 Å². The Hall–Kier alpha value is -0.420. The molecule has 0 aromatic rings. The van der Waals surface area contributed by atoms with Crippen LogP contribution >= 0.6 is 0 Å². The molecule has 0 saturated carbocycles. The molecule has 1 rings (SSSR count). The summed E-state index contributed by atoms with van der Waals surface area (Å²) in [5.74, 6) is 1.17. The zero-order chi connectivity index (χ0) is 10.6. The smallest absolute Gasteiger partial charge is 0.223 e. The highest BCUT2D eigenvalue weighted by Crippen LogP contribution is 2.15. The highest BCUT2D eigenvalue weighted by atomic mass is 32.2. The molecule has 82 valence electrons. The van der Waals surface area contributed by atoms with Gasteiger partial charge in [-0.2, -0.15) is 0 Å². The van der Waals surface area contributed by atoms with Gasteiger partial charge in [0, 0.05) is 35.3 Å². The molecule has 2 N–H and O–H groups in total. The van der Waals surface area contributed by atoms with E-state index >= 15 is 0 Å². The van der Waals surface area contributed by atoms with Crippen LogP contribution in [0, 0.1) is 11.8 Å². The maximum atomic E-state index is 11.5. The van der Waals surface area contributed by atoms with E-state index < -0.39 is 10.8 Å². The van der Waals surface area contributed by atoms with Gasteiger partial charge in [0.1, 0.15) is 0 Å². The van der Waals surface area contributed by atoms with E-state index in [0.717, 1.165) is 13.1 Å². The van der Waals surface area contributed by atoms with Gasteiger partial charge in [-0.1, -0.05) is 6.92 Å². The predicted octanol–water partition coefficient (Wildman–Crippen LogP) is -0.663. The van der Waals surface area contributed by atoms with E-state index in [4.69, 9.17) is 0 Å². The number of carbonyl (C=O) groups excluding carboxylic acids is 1. The van der Waals surface area contributed by atoms with Gasteiger partial charge in [0.25, 0.3) is 0 Å². The Morgan fingerprint density at radius 1 is 1.64 bits per heavy atom. The summed E-state index contributed by atoms with van der Waals surface area (Å²) in [6, 6.07) is 0. The molecular formula is C9H18N2O2S. The molecule has 0 aromatic heterocycles. The van der Waals surface area contributed by atoms with Crippen molar-refractivity contribution in [1.82, 2.24) is 10.6 Å². The van der Waals surface area contributed by atoms with Crippen molar-refractivity contribution in [3.63, 3.8) is 0 Å². The average molecular weight is 218 g/mol. The molecule has 0 bridgehead atoms. The summed E-state index contributed by atoms with van der Waals surface area (Å²) in [6.07, 6.45) is 1.64.